The molecule has 1 aliphatic carbocycles. The average molecular weight is 307 g/mol. The number of amides is 2. The number of hydrogen-bond donors (Lipinski definition) is 1. The van der Waals surface area contributed by atoms with Gasteiger partial charge in [0.15, 0.2) is 0 Å². The molecule has 3 fully saturated rings. The van der Waals surface area contributed by atoms with Gasteiger partial charge in [-0.2, -0.15) is 0 Å². The normalized spacial score (nSPS) is 30.9. The summed E-state index contributed by atoms with van der Waals surface area (Å²) in [5.74, 6) is 1.37. The summed E-state index contributed by atoms with van der Waals surface area (Å²) in [6, 6.07) is 0.219. The number of piperidine rings is 2. The molecule has 0 radical (unpaired) electrons. The van der Waals surface area contributed by atoms with Gasteiger partial charge in [-0.15, -0.1) is 0 Å². The molecular weight excluding hydrogens is 278 g/mol. The van der Waals surface area contributed by atoms with Crippen LogP contribution in [0.4, 0.5) is 0 Å². The van der Waals surface area contributed by atoms with Gasteiger partial charge in [0.05, 0.1) is 0 Å². The second-order valence-corrected chi connectivity index (χ2v) is 7.34. The Labute approximate surface area is 133 Å². The summed E-state index contributed by atoms with van der Waals surface area (Å²) >= 11 is 0. The van der Waals surface area contributed by atoms with Crippen LogP contribution in [0.2, 0.25) is 0 Å². The Morgan fingerprint density at radius 2 is 1.86 bits per heavy atom. The van der Waals surface area contributed by atoms with Crippen LogP contribution in [0.15, 0.2) is 0 Å². The second-order valence-electron chi connectivity index (χ2n) is 7.34. The summed E-state index contributed by atoms with van der Waals surface area (Å²) in [5, 5.41) is 0. The van der Waals surface area contributed by atoms with Crippen molar-refractivity contribution in [2.24, 2.45) is 17.6 Å². The Morgan fingerprint density at radius 3 is 2.50 bits per heavy atom. The van der Waals surface area contributed by atoms with Crippen LogP contribution in [0.3, 0.4) is 0 Å². The smallest absolute Gasteiger partial charge is 0.225 e. The number of nitrogens with two attached hydrogens (primary N) is 1. The third kappa shape index (κ3) is 3.62. The lowest BCUT2D eigenvalue weighted by molar-refractivity contribution is -0.138. The van der Waals surface area contributed by atoms with Gasteiger partial charge in [-0.3, -0.25) is 9.59 Å². The second kappa shape index (κ2) is 6.99. The van der Waals surface area contributed by atoms with Gasteiger partial charge < -0.3 is 15.5 Å². The van der Waals surface area contributed by atoms with Gasteiger partial charge in [-0.05, 0) is 50.9 Å². The zero-order valence-electron chi connectivity index (χ0n) is 13.5. The maximum absolute atomic E-state index is 12.5. The largest absolute Gasteiger partial charge is 0.342 e. The molecule has 0 aromatic rings. The van der Waals surface area contributed by atoms with E-state index in [4.69, 9.17) is 5.73 Å². The van der Waals surface area contributed by atoms with Crippen molar-refractivity contribution >= 4 is 11.8 Å². The van der Waals surface area contributed by atoms with Crippen LogP contribution in [0.1, 0.15) is 51.4 Å². The highest BCUT2D eigenvalue weighted by molar-refractivity contribution is 5.79. The van der Waals surface area contributed by atoms with Crippen LogP contribution in [-0.2, 0) is 9.59 Å². The first-order chi connectivity index (χ1) is 10.6. The molecule has 3 rings (SSSR count). The molecule has 2 atom stereocenters. The molecule has 3 aliphatic rings. The number of carbonyl (C=O) groups excluding carboxylic acids is 2. The number of nitrogens with zero attached hydrogens (tertiary/aromatic N) is 2. The molecule has 22 heavy (non-hydrogen) atoms. The molecule has 2 amide bonds. The maximum Gasteiger partial charge on any atom is 0.225 e. The zero-order chi connectivity index (χ0) is 15.5. The van der Waals surface area contributed by atoms with Crippen molar-refractivity contribution in [2.45, 2.75) is 57.4 Å². The fourth-order valence-corrected chi connectivity index (χ4v) is 4.20. The molecule has 124 valence electrons. The Morgan fingerprint density at radius 1 is 1.09 bits per heavy atom. The molecule has 0 bridgehead atoms. The molecule has 0 aromatic heterocycles. The molecule has 1 saturated carbocycles. The van der Waals surface area contributed by atoms with Crippen molar-refractivity contribution in [1.29, 1.82) is 0 Å². The Hall–Kier alpha value is -1.10. The van der Waals surface area contributed by atoms with Gasteiger partial charge in [0, 0.05) is 44.6 Å². The lowest BCUT2D eigenvalue weighted by Gasteiger charge is -2.37. The first-order valence-corrected chi connectivity index (χ1v) is 8.95. The topological polar surface area (TPSA) is 66.6 Å². The van der Waals surface area contributed by atoms with E-state index in [1.165, 1.54) is 0 Å². The number of carbonyl (C=O) groups is 2. The van der Waals surface area contributed by atoms with Gasteiger partial charge in [-0.1, -0.05) is 0 Å². The van der Waals surface area contributed by atoms with Crippen LogP contribution < -0.4 is 5.73 Å². The van der Waals surface area contributed by atoms with E-state index in [-0.39, 0.29) is 12.0 Å². The minimum atomic E-state index is 0.162. The van der Waals surface area contributed by atoms with E-state index in [2.05, 4.69) is 0 Å². The van der Waals surface area contributed by atoms with Crippen molar-refractivity contribution in [3.8, 4) is 0 Å². The predicted octanol–water partition coefficient (Wildman–Crippen LogP) is 1.36. The summed E-state index contributed by atoms with van der Waals surface area (Å²) < 4.78 is 0. The summed E-state index contributed by atoms with van der Waals surface area (Å²) in [4.78, 5) is 28.5. The highest BCUT2D eigenvalue weighted by Gasteiger charge is 2.33. The van der Waals surface area contributed by atoms with Gasteiger partial charge in [0.1, 0.15) is 0 Å². The summed E-state index contributed by atoms with van der Waals surface area (Å²) in [5.41, 5.74) is 5.92. The molecule has 2 N–H and O–H groups in total. The summed E-state index contributed by atoms with van der Waals surface area (Å²) in [6.45, 7) is 3.54. The van der Waals surface area contributed by atoms with Crippen molar-refractivity contribution in [3.05, 3.63) is 0 Å². The monoisotopic (exact) mass is 307 g/mol. The van der Waals surface area contributed by atoms with Crippen LogP contribution in [0, 0.1) is 11.8 Å². The van der Waals surface area contributed by atoms with Gasteiger partial charge in [0.2, 0.25) is 11.8 Å². The van der Waals surface area contributed by atoms with Crippen molar-refractivity contribution in [1.82, 2.24) is 9.80 Å². The lowest BCUT2D eigenvalue weighted by atomic mass is 9.94. The molecule has 2 saturated heterocycles. The number of hydrogen-bond acceptors (Lipinski definition) is 3. The zero-order valence-corrected chi connectivity index (χ0v) is 13.5. The van der Waals surface area contributed by atoms with E-state index in [1.54, 1.807) is 0 Å². The molecule has 0 aromatic carbocycles. The predicted molar refractivity (Wildman–Crippen MR) is 85.1 cm³/mol. The Balaban J connectivity index is 1.44. The first-order valence-electron chi connectivity index (χ1n) is 8.95. The first kappa shape index (κ1) is 15.8. The van der Waals surface area contributed by atoms with Crippen LogP contribution in [0.5, 0.6) is 0 Å². The highest BCUT2D eigenvalue weighted by atomic mass is 16.2. The van der Waals surface area contributed by atoms with Gasteiger partial charge in [0.25, 0.3) is 0 Å². The van der Waals surface area contributed by atoms with Gasteiger partial charge in [-0.25, -0.2) is 0 Å². The lowest BCUT2D eigenvalue weighted by Crippen LogP contribution is -2.45. The summed E-state index contributed by atoms with van der Waals surface area (Å²) in [7, 11) is 0. The average Bonchev–Trinajstić information content (AvgIpc) is 2.96. The van der Waals surface area contributed by atoms with E-state index in [0.717, 1.165) is 77.5 Å². The molecule has 5 heteroatoms. The van der Waals surface area contributed by atoms with Crippen molar-refractivity contribution < 1.29 is 9.59 Å². The molecule has 2 aliphatic heterocycles. The molecule has 0 spiro atoms. The van der Waals surface area contributed by atoms with Crippen LogP contribution in [0.25, 0.3) is 0 Å². The van der Waals surface area contributed by atoms with Crippen LogP contribution >= 0.6 is 0 Å². The minimum Gasteiger partial charge on any atom is -0.342 e. The maximum atomic E-state index is 12.5. The highest BCUT2D eigenvalue weighted by Crippen LogP contribution is 2.28. The van der Waals surface area contributed by atoms with E-state index in [9.17, 15) is 9.59 Å². The number of rotatable bonds is 3. The van der Waals surface area contributed by atoms with E-state index < -0.39 is 0 Å². The van der Waals surface area contributed by atoms with Crippen molar-refractivity contribution in [3.63, 3.8) is 0 Å². The third-order valence-electron chi connectivity index (χ3n) is 5.65. The molecular formula is C17H29N3O2. The minimum absolute atomic E-state index is 0.162. The SMILES string of the molecule is NC1CCC(C(=O)N2CCC(CN3CCCCC3=O)CC2)C1. The molecule has 2 unspecified atom stereocenters. The van der Waals surface area contributed by atoms with Crippen LogP contribution in [-0.4, -0.2) is 53.8 Å². The van der Waals surface area contributed by atoms with Crippen molar-refractivity contribution in [2.75, 3.05) is 26.2 Å². The standard InChI is InChI=1S/C17H29N3O2/c18-15-5-4-14(11-15)17(22)19-9-6-13(7-10-19)12-20-8-2-1-3-16(20)21/h13-15H,1-12,18H2. The quantitative estimate of drug-likeness (QED) is 0.856. The van der Waals surface area contributed by atoms with E-state index in [0.29, 0.717) is 17.7 Å². The molecule has 5 nitrogen and oxygen atoms in total. The summed E-state index contributed by atoms with van der Waals surface area (Å²) in [6.07, 6.45) is 7.80. The van der Waals surface area contributed by atoms with E-state index in [1.807, 2.05) is 9.80 Å². The number of likely N-dealkylation sites (tertiary alicyclic amines) is 2. The Kier molecular flexibility index (Phi) is 5.01. The van der Waals surface area contributed by atoms with Gasteiger partial charge >= 0.3 is 0 Å². The fraction of sp³-hybridized carbons (Fsp3) is 0.882. The molecule has 2 heterocycles. The Bertz CT molecular complexity index is 418. The van der Waals surface area contributed by atoms with E-state index >= 15 is 0 Å². The fourth-order valence-electron chi connectivity index (χ4n) is 4.20. The third-order valence-corrected chi connectivity index (χ3v) is 5.65.